The van der Waals surface area contributed by atoms with E-state index in [4.69, 9.17) is 9.47 Å². The van der Waals surface area contributed by atoms with E-state index in [1.165, 1.54) is 43.3 Å². The maximum atomic E-state index is 12.8. The third-order valence-corrected chi connectivity index (χ3v) is 3.96. The summed E-state index contributed by atoms with van der Waals surface area (Å²) in [6, 6.07) is 9.63. The lowest BCUT2D eigenvalue weighted by molar-refractivity contribution is 0.0222. The van der Waals surface area contributed by atoms with Gasteiger partial charge in [0.15, 0.2) is 0 Å². The van der Waals surface area contributed by atoms with E-state index < -0.39 is 31.9 Å². The first-order valence-electron chi connectivity index (χ1n) is 6.65. The molecule has 2 rings (SSSR count). The van der Waals surface area contributed by atoms with Gasteiger partial charge in [-0.3, -0.25) is 0 Å². The average molecular weight is 394 g/mol. The van der Waals surface area contributed by atoms with Gasteiger partial charge in [0.2, 0.25) is 6.29 Å². The molecule has 0 saturated carbocycles. The minimum absolute atomic E-state index is 0.230. The molecule has 2 aromatic rings. The molecule has 0 radical (unpaired) electrons. The smallest absolute Gasteiger partial charge is 0.455 e. The molecule has 11 heteroatoms. The highest BCUT2D eigenvalue weighted by atomic mass is 32.3. The fraction of sp³-hybridized carbons (Fsp3) is 0.143. The highest BCUT2D eigenvalue weighted by Gasteiger charge is 2.13. The molecule has 0 aromatic heterocycles. The summed E-state index contributed by atoms with van der Waals surface area (Å²) in [4.78, 5) is -0.494. The summed E-state index contributed by atoms with van der Waals surface area (Å²) in [5.74, 6) is 0.286. The van der Waals surface area contributed by atoms with Gasteiger partial charge in [-0.1, -0.05) is 3.89 Å². The molecule has 25 heavy (non-hydrogen) atoms. The van der Waals surface area contributed by atoms with Crippen LogP contribution in [0, 0.1) is 0 Å². The van der Waals surface area contributed by atoms with Crippen LogP contribution < -0.4 is 13.7 Å². The molecule has 0 N–H and O–H groups in total. The second-order valence-electron chi connectivity index (χ2n) is 4.66. The maximum absolute atomic E-state index is 12.8. The highest BCUT2D eigenvalue weighted by molar-refractivity contribution is 7.86. The number of benzene rings is 2. The Morgan fingerprint density at radius 1 is 0.760 bits per heavy atom. The van der Waals surface area contributed by atoms with Crippen molar-refractivity contribution < 1.29 is 38.3 Å². The first-order valence-corrected chi connectivity index (χ1v) is 9.34. The average Bonchev–Trinajstić information content (AvgIpc) is 2.47. The van der Waals surface area contributed by atoms with E-state index in [9.17, 15) is 24.6 Å². The summed E-state index contributed by atoms with van der Waals surface area (Å²) in [5.41, 5.74) is 0. The summed E-state index contributed by atoms with van der Waals surface area (Å²) in [5, 5.41) is 0. The first-order chi connectivity index (χ1) is 11.5. The summed E-state index contributed by atoms with van der Waals surface area (Å²) in [7, 11) is -9.88. The standard InChI is InChI=1S/C14H12F2O7S2/c1-10(22-12-6-8-14(9-7-12)24(15,17)18)21-11-2-4-13(5-3-11)23-25(16,19)20/h2-10H,1H3. The van der Waals surface area contributed by atoms with Crippen molar-refractivity contribution in [1.82, 2.24) is 0 Å². The summed E-state index contributed by atoms with van der Waals surface area (Å²) >= 11 is 0. The Hall–Kier alpha value is -2.40. The van der Waals surface area contributed by atoms with E-state index in [1.807, 2.05) is 0 Å². The first kappa shape index (κ1) is 18.9. The fourth-order valence-electron chi connectivity index (χ4n) is 1.78. The molecule has 0 saturated heterocycles. The minimum atomic E-state index is -5.10. The molecular formula is C14H12F2O7S2. The Kier molecular flexibility index (Phi) is 5.48. The van der Waals surface area contributed by atoms with Gasteiger partial charge in [0.25, 0.3) is 0 Å². The Labute approximate surface area is 143 Å². The molecule has 0 amide bonds. The third kappa shape index (κ3) is 6.19. The van der Waals surface area contributed by atoms with Gasteiger partial charge in [0.1, 0.15) is 17.2 Å². The number of rotatable bonds is 7. The second kappa shape index (κ2) is 7.23. The Morgan fingerprint density at radius 3 is 1.56 bits per heavy atom. The second-order valence-corrected chi connectivity index (χ2v) is 6.96. The number of halogens is 2. The van der Waals surface area contributed by atoms with E-state index in [2.05, 4.69) is 4.18 Å². The minimum Gasteiger partial charge on any atom is -0.455 e. The van der Waals surface area contributed by atoms with Crippen molar-refractivity contribution >= 4 is 20.7 Å². The van der Waals surface area contributed by atoms with Gasteiger partial charge >= 0.3 is 20.7 Å². The van der Waals surface area contributed by atoms with Gasteiger partial charge in [-0.15, -0.1) is 3.89 Å². The van der Waals surface area contributed by atoms with E-state index in [1.54, 1.807) is 0 Å². The topological polar surface area (TPSA) is 96.0 Å². The van der Waals surface area contributed by atoms with Crippen LogP contribution >= 0.6 is 0 Å². The van der Waals surface area contributed by atoms with Gasteiger partial charge in [0, 0.05) is 6.92 Å². The predicted molar refractivity (Wildman–Crippen MR) is 82.6 cm³/mol. The zero-order chi connectivity index (χ0) is 18.7. The molecule has 0 aliphatic heterocycles. The van der Waals surface area contributed by atoms with Crippen LogP contribution in [0.15, 0.2) is 53.4 Å². The molecule has 2 aromatic carbocycles. The Bertz CT molecular complexity index is 924. The largest absolute Gasteiger partial charge is 0.488 e. The molecule has 7 nitrogen and oxygen atoms in total. The van der Waals surface area contributed by atoms with Crippen molar-refractivity contribution in [2.24, 2.45) is 0 Å². The number of ether oxygens (including phenoxy) is 2. The normalized spacial score (nSPS) is 13.1. The molecule has 0 aliphatic carbocycles. The lowest BCUT2D eigenvalue weighted by atomic mass is 10.3. The van der Waals surface area contributed by atoms with Crippen LogP contribution in [-0.4, -0.2) is 23.1 Å². The van der Waals surface area contributed by atoms with E-state index in [0.717, 1.165) is 12.1 Å². The lowest BCUT2D eigenvalue weighted by Crippen LogP contribution is -2.19. The molecule has 1 unspecified atom stereocenters. The SMILES string of the molecule is CC(Oc1ccc(OS(=O)(=O)F)cc1)Oc1ccc(S(=O)(=O)F)cc1. The molecule has 0 fully saturated rings. The molecule has 0 spiro atoms. The van der Waals surface area contributed by atoms with Crippen molar-refractivity contribution in [2.45, 2.75) is 18.1 Å². The Morgan fingerprint density at radius 2 is 1.16 bits per heavy atom. The van der Waals surface area contributed by atoms with Crippen molar-refractivity contribution in [1.29, 1.82) is 0 Å². The molecule has 0 aliphatic rings. The summed E-state index contributed by atoms with van der Waals surface area (Å²) in [6.07, 6.45) is -0.815. The van der Waals surface area contributed by atoms with Crippen LogP contribution in [0.5, 0.6) is 17.2 Å². The van der Waals surface area contributed by atoms with Crippen LogP contribution in [-0.2, 0) is 20.7 Å². The molecule has 0 heterocycles. The number of hydrogen-bond acceptors (Lipinski definition) is 7. The highest BCUT2D eigenvalue weighted by Crippen LogP contribution is 2.22. The van der Waals surface area contributed by atoms with Crippen LogP contribution in [0.3, 0.4) is 0 Å². The van der Waals surface area contributed by atoms with Gasteiger partial charge in [-0.05, 0) is 48.5 Å². The van der Waals surface area contributed by atoms with Crippen molar-refractivity contribution in [3.05, 3.63) is 48.5 Å². The van der Waals surface area contributed by atoms with Crippen molar-refractivity contribution in [3.63, 3.8) is 0 Å². The molecule has 1 atom stereocenters. The monoisotopic (exact) mass is 394 g/mol. The van der Waals surface area contributed by atoms with E-state index in [0.29, 0.717) is 0 Å². The van der Waals surface area contributed by atoms with E-state index >= 15 is 0 Å². The van der Waals surface area contributed by atoms with Crippen LogP contribution in [0.25, 0.3) is 0 Å². The van der Waals surface area contributed by atoms with Crippen molar-refractivity contribution in [3.8, 4) is 17.2 Å². The van der Waals surface area contributed by atoms with Gasteiger partial charge in [-0.2, -0.15) is 16.8 Å². The molecule has 0 bridgehead atoms. The quantitative estimate of drug-likeness (QED) is 0.526. The zero-order valence-electron chi connectivity index (χ0n) is 12.6. The maximum Gasteiger partial charge on any atom is 0.488 e. The summed E-state index contributed by atoms with van der Waals surface area (Å²) < 4.78 is 82.1. The van der Waals surface area contributed by atoms with E-state index in [-0.39, 0.29) is 17.2 Å². The van der Waals surface area contributed by atoms with Crippen LogP contribution in [0.4, 0.5) is 7.77 Å². The van der Waals surface area contributed by atoms with Gasteiger partial charge in [0.05, 0.1) is 4.90 Å². The fourth-order valence-corrected chi connectivity index (χ4v) is 2.58. The predicted octanol–water partition coefficient (Wildman–Crippen LogP) is 2.74. The lowest BCUT2D eigenvalue weighted by Gasteiger charge is -2.16. The van der Waals surface area contributed by atoms with Crippen molar-refractivity contribution in [2.75, 3.05) is 0 Å². The van der Waals surface area contributed by atoms with Gasteiger partial charge < -0.3 is 13.7 Å². The van der Waals surface area contributed by atoms with Gasteiger partial charge in [-0.25, -0.2) is 0 Å². The summed E-state index contributed by atoms with van der Waals surface area (Å²) in [6.45, 7) is 1.54. The van der Waals surface area contributed by atoms with Crippen LogP contribution in [0.2, 0.25) is 0 Å². The number of hydrogen-bond donors (Lipinski definition) is 0. The zero-order valence-corrected chi connectivity index (χ0v) is 14.3. The molecular weight excluding hydrogens is 382 g/mol. The third-order valence-electron chi connectivity index (χ3n) is 2.73. The van der Waals surface area contributed by atoms with Crippen LogP contribution in [0.1, 0.15) is 6.92 Å². The Balaban J connectivity index is 1.97. The molecule has 136 valence electrons.